The molecule has 94 valence electrons. The predicted molar refractivity (Wildman–Crippen MR) is 69.1 cm³/mol. The second-order valence-electron chi connectivity index (χ2n) is 4.41. The predicted octanol–water partition coefficient (Wildman–Crippen LogP) is 3.61. The third kappa shape index (κ3) is 2.62. The van der Waals surface area contributed by atoms with Crippen molar-refractivity contribution in [3.8, 4) is 5.75 Å². The van der Waals surface area contributed by atoms with Crippen LogP contribution in [0.25, 0.3) is 0 Å². The van der Waals surface area contributed by atoms with Gasteiger partial charge in [0.15, 0.2) is 5.78 Å². The zero-order valence-corrected chi connectivity index (χ0v) is 10.8. The van der Waals surface area contributed by atoms with Crippen LogP contribution >= 0.6 is 0 Å². The molecule has 0 aliphatic heterocycles. The molecule has 0 radical (unpaired) electrons. The van der Waals surface area contributed by atoms with Gasteiger partial charge in [-0.1, -0.05) is 0 Å². The van der Waals surface area contributed by atoms with E-state index in [-0.39, 0.29) is 11.9 Å². The maximum Gasteiger partial charge on any atom is 0.196 e. The fourth-order valence-corrected chi connectivity index (χ4v) is 1.73. The van der Waals surface area contributed by atoms with Crippen molar-refractivity contribution in [2.75, 3.05) is 0 Å². The Morgan fingerprint density at radius 2 is 1.83 bits per heavy atom. The van der Waals surface area contributed by atoms with Gasteiger partial charge in [0.05, 0.1) is 17.9 Å². The second kappa shape index (κ2) is 5.08. The van der Waals surface area contributed by atoms with Gasteiger partial charge < -0.3 is 9.15 Å². The summed E-state index contributed by atoms with van der Waals surface area (Å²) in [5.74, 6) is 1.38. The van der Waals surface area contributed by atoms with Crippen LogP contribution in [0.2, 0.25) is 0 Å². The van der Waals surface area contributed by atoms with Crippen LogP contribution in [0.5, 0.6) is 5.75 Å². The zero-order valence-electron chi connectivity index (χ0n) is 10.8. The Balaban J connectivity index is 2.20. The molecular weight excluding hydrogens is 228 g/mol. The van der Waals surface area contributed by atoms with Crippen LogP contribution in [0.3, 0.4) is 0 Å². The molecule has 0 spiro atoms. The molecule has 2 rings (SSSR count). The lowest BCUT2D eigenvalue weighted by molar-refractivity contribution is 0.103. The van der Waals surface area contributed by atoms with E-state index in [2.05, 4.69) is 0 Å². The summed E-state index contributed by atoms with van der Waals surface area (Å²) in [5, 5.41) is 0. The molecule has 18 heavy (non-hydrogen) atoms. The molecule has 2 aromatic rings. The minimum Gasteiger partial charge on any atom is -0.491 e. The molecular formula is C15H16O3. The highest BCUT2D eigenvalue weighted by atomic mass is 16.5. The van der Waals surface area contributed by atoms with Gasteiger partial charge in [-0.25, -0.2) is 0 Å². The van der Waals surface area contributed by atoms with E-state index < -0.39 is 0 Å². The molecule has 0 unspecified atom stereocenters. The first-order valence-electron chi connectivity index (χ1n) is 5.93. The number of hydrogen-bond donors (Lipinski definition) is 0. The summed E-state index contributed by atoms with van der Waals surface area (Å²) >= 11 is 0. The molecule has 0 bridgehead atoms. The average Bonchev–Trinajstić information content (AvgIpc) is 2.75. The summed E-state index contributed by atoms with van der Waals surface area (Å²) in [5.41, 5.74) is 1.24. The lowest BCUT2D eigenvalue weighted by Crippen LogP contribution is -2.06. The Bertz CT molecular complexity index is 535. The van der Waals surface area contributed by atoms with Crippen LogP contribution in [0.4, 0.5) is 0 Å². The van der Waals surface area contributed by atoms with Crippen molar-refractivity contribution in [3.63, 3.8) is 0 Å². The van der Waals surface area contributed by atoms with Gasteiger partial charge in [-0.3, -0.25) is 4.79 Å². The van der Waals surface area contributed by atoms with E-state index >= 15 is 0 Å². The number of carbonyl (C=O) groups is 1. The maximum absolute atomic E-state index is 12.2. The van der Waals surface area contributed by atoms with Crippen molar-refractivity contribution in [1.82, 2.24) is 0 Å². The number of hydrogen-bond acceptors (Lipinski definition) is 3. The normalized spacial score (nSPS) is 10.7. The molecule has 1 heterocycles. The first-order chi connectivity index (χ1) is 8.58. The lowest BCUT2D eigenvalue weighted by atomic mass is 10.0. The molecule has 3 heteroatoms. The largest absolute Gasteiger partial charge is 0.491 e. The smallest absolute Gasteiger partial charge is 0.196 e. The van der Waals surface area contributed by atoms with Crippen molar-refractivity contribution >= 4 is 5.78 Å². The van der Waals surface area contributed by atoms with Gasteiger partial charge in [0.25, 0.3) is 0 Å². The Morgan fingerprint density at radius 1 is 1.17 bits per heavy atom. The van der Waals surface area contributed by atoms with E-state index in [1.807, 2.05) is 26.0 Å². The molecule has 0 saturated carbocycles. The average molecular weight is 244 g/mol. The number of carbonyl (C=O) groups excluding carboxylic acids is 1. The minimum atomic E-state index is -0.0302. The standard InChI is InChI=1S/C15H16O3/c1-10(2)18-13-6-4-12(5-7-13)15(16)14-8-9-17-11(14)3/h4-10H,1-3H3. The fourth-order valence-electron chi connectivity index (χ4n) is 1.73. The molecule has 1 aromatic heterocycles. The quantitative estimate of drug-likeness (QED) is 0.771. The Morgan fingerprint density at radius 3 is 2.33 bits per heavy atom. The van der Waals surface area contributed by atoms with Crippen molar-refractivity contribution in [2.24, 2.45) is 0 Å². The topological polar surface area (TPSA) is 39.4 Å². The summed E-state index contributed by atoms with van der Waals surface area (Å²) in [7, 11) is 0. The van der Waals surface area contributed by atoms with E-state index in [9.17, 15) is 4.79 Å². The minimum absolute atomic E-state index is 0.0302. The van der Waals surface area contributed by atoms with Crippen LogP contribution in [0.15, 0.2) is 41.0 Å². The first-order valence-corrected chi connectivity index (χ1v) is 5.93. The van der Waals surface area contributed by atoms with Gasteiger partial charge in [-0.15, -0.1) is 0 Å². The summed E-state index contributed by atoms with van der Waals surface area (Å²) in [6.45, 7) is 5.71. The second-order valence-corrected chi connectivity index (χ2v) is 4.41. The van der Waals surface area contributed by atoms with E-state index in [1.54, 1.807) is 25.1 Å². The van der Waals surface area contributed by atoms with Gasteiger partial charge in [0, 0.05) is 5.56 Å². The molecule has 0 atom stereocenters. The third-order valence-corrected chi connectivity index (χ3v) is 2.59. The van der Waals surface area contributed by atoms with E-state index in [4.69, 9.17) is 9.15 Å². The number of furan rings is 1. The third-order valence-electron chi connectivity index (χ3n) is 2.59. The lowest BCUT2D eigenvalue weighted by Gasteiger charge is -2.09. The molecule has 0 N–H and O–H groups in total. The number of ketones is 1. The molecule has 0 saturated heterocycles. The van der Waals surface area contributed by atoms with Crippen LogP contribution in [0, 0.1) is 6.92 Å². The number of ether oxygens (including phenoxy) is 1. The number of benzene rings is 1. The van der Waals surface area contributed by atoms with Gasteiger partial charge in [-0.05, 0) is 51.1 Å². The van der Waals surface area contributed by atoms with Gasteiger partial charge in [-0.2, -0.15) is 0 Å². The zero-order chi connectivity index (χ0) is 13.1. The SMILES string of the molecule is Cc1occc1C(=O)c1ccc(OC(C)C)cc1. The molecule has 0 aliphatic carbocycles. The maximum atomic E-state index is 12.2. The highest BCUT2D eigenvalue weighted by molar-refractivity contribution is 6.09. The van der Waals surface area contributed by atoms with E-state index in [0.29, 0.717) is 16.9 Å². The highest BCUT2D eigenvalue weighted by Crippen LogP contribution is 2.18. The van der Waals surface area contributed by atoms with Crippen molar-refractivity contribution in [2.45, 2.75) is 26.9 Å². The van der Waals surface area contributed by atoms with Crippen molar-refractivity contribution in [1.29, 1.82) is 0 Å². The molecule has 1 aromatic carbocycles. The summed E-state index contributed by atoms with van der Waals surface area (Å²) < 4.78 is 10.7. The van der Waals surface area contributed by atoms with E-state index in [1.165, 1.54) is 6.26 Å². The molecule has 0 aliphatic rings. The molecule has 0 fully saturated rings. The van der Waals surface area contributed by atoms with Crippen LogP contribution in [-0.4, -0.2) is 11.9 Å². The Hall–Kier alpha value is -2.03. The van der Waals surface area contributed by atoms with Gasteiger partial charge in [0.1, 0.15) is 11.5 Å². The Kier molecular flexibility index (Phi) is 3.51. The van der Waals surface area contributed by atoms with Crippen LogP contribution in [-0.2, 0) is 0 Å². The summed E-state index contributed by atoms with van der Waals surface area (Å²) in [4.78, 5) is 12.2. The summed E-state index contributed by atoms with van der Waals surface area (Å²) in [6, 6.07) is 8.85. The van der Waals surface area contributed by atoms with Crippen LogP contribution in [0.1, 0.15) is 35.5 Å². The highest BCUT2D eigenvalue weighted by Gasteiger charge is 2.13. The van der Waals surface area contributed by atoms with E-state index in [0.717, 1.165) is 5.75 Å². The van der Waals surface area contributed by atoms with Crippen molar-refractivity contribution in [3.05, 3.63) is 53.5 Å². The summed E-state index contributed by atoms with van der Waals surface area (Å²) in [6.07, 6.45) is 1.65. The number of rotatable bonds is 4. The van der Waals surface area contributed by atoms with Gasteiger partial charge >= 0.3 is 0 Å². The van der Waals surface area contributed by atoms with Crippen molar-refractivity contribution < 1.29 is 13.9 Å². The molecule has 3 nitrogen and oxygen atoms in total. The van der Waals surface area contributed by atoms with Crippen LogP contribution < -0.4 is 4.74 Å². The van der Waals surface area contributed by atoms with Gasteiger partial charge in [0.2, 0.25) is 0 Å². The monoisotopic (exact) mass is 244 g/mol. The Labute approximate surface area is 106 Å². The molecule has 0 amide bonds. The fraction of sp³-hybridized carbons (Fsp3) is 0.267. The number of aryl methyl sites for hydroxylation is 1. The first kappa shape index (κ1) is 12.4.